The molecule has 0 unspecified atom stereocenters. The summed E-state index contributed by atoms with van der Waals surface area (Å²) in [5.74, 6) is -2.16. The standard InChI is InChI=1S/C25H21F2N3O5S2/c1-35-24(32)16-7-10-18-22(13-16)29-25(36-14-19-20(26)3-2-4-21(19)27)30(23(18)31)12-11-15-5-8-17(9-6-15)37(28,33)34/h2-10,13H,11-12,14H2,1H3,(H2,28,33,34). The average Bonchev–Trinajstić information content (AvgIpc) is 2.87. The molecule has 4 rings (SSSR count). The van der Waals surface area contributed by atoms with E-state index in [9.17, 15) is 26.8 Å². The number of thioether (sulfide) groups is 1. The molecule has 0 radical (unpaired) electrons. The molecule has 1 aromatic heterocycles. The molecule has 0 saturated heterocycles. The first-order valence-corrected chi connectivity index (χ1v) is 13.4. The van der Waals surface area contributed by atoms with Crippen LogP contribution in [0.15, 0.2) is 75.5 Å². The first-order valence-electron chi connectivity index (χ1n) is 10.9. The van der Waals surface area contributed by atoms with Gasteiger partial charge in [-0.15, -0.1) is 0 Å². The topological polar surface area (TPSA) is 121 Å². The Balaban J connectivity index is 1.72. The Morgan fingerprint density at radius 2 is 1.76 bits per heavy atom. The predicted octanol–water partition coefficient (Wildman–Crippen LogP) is 3.64. The van der Waals surface area contributed by atoms with Crippen molar-refractivity contribution in [2.24, 2.45) is 5.14 Å². The first kappa shape index (κ1) is 26.5. The van der Waals surface area contributed by atoms with Crippen molar-refractivity contribution in [1.29, 1.82) is 0 Å². The summed E-state index contributed by atoms with van der Waals surface area (Å²) in [4.78, 5) is 29.8. The number of carbonyl (C=O) groups excluding carboxylic acids is 1. The minimum atomic E-state index is -3.84. The fraction of sp³-hybridized carbons (Fsp3) is 0.160. The summed E-state index contributed by atoms with van der Waals surface area (Å²) in [7, 11) is -2.61. The predicted molar refractivity (Wildman–Crippen MR) is 135 cm³/mol. The number of hydrogen-bond acceptors (Lipinski definition) is 7. The summed E-state index contributed by atoms with van der Waals surface area (Å²) in [6.45, 7) is 0.150. The van der Waals surface area contributed by atoms with Crippen molar-refractivity contribution in [3.63, 3.8) is 0 Å². The molecule has 0 saturated carbocycles. The Kier molecular flexibility index (Phi) is 7.71. The maximum Gasteiger partial charge on any atom is 0.337 e. The van der Waals surface area contributed by atoms with Crippen LogP contribution in [-0.2, 0) is 33.5 Å². The van der Waals surface area contributed by atoms with Gasteiger partial charge < -0.3 is 4.74 Å². The maximum absolute atomic E-state index is 14.2. The maximum atomic E-state index is 14.2. The molecule has 0 aliphatic rings. The van der Waals surface area contributed by atoms with Crippen LogP contribution in [0.2, 0.25) is 0 Å². The van der Waals surface area contributed by atoms with E-state index < -0.39 is 33.2 Å². The number of fused-ring (bicyclic) bond motifs is 1. The summed E-state index contributed by atoms with van der Waals surface area (Å²) in [6, 6.07) is 13.8. The molecule has 4 aromatic rings. The number of benzene rings is 3. The van der Waals surface area contributed by atoms with E-state index in [1.165, 1.54) is 48.1 Å². The lowest BCUT2D eigenvalue weighted by Gasteiger charge is -2.14. The Labute approximate surface area is 215 Å². The van der Waals surface area contributed by atoms with Gasteiger partial charge in [0, 0.05) is 17.9 Å². The quantitative estimate of drug-likeness (QED) is 0.204. The highest BCUT2D eigenvalue weighted by Crippen LogP contribution is 2.26. The zero-order chi connectivity index (χ0) is 26.7. The van der Waals surface area contributed by atoms with Gasteiger partial charge in [-0.25, -0.2) is 32.1 Å². The van der Waals surface area contributed by atoms with Gasteiger partial charge in [0.2, 0.25) is 10.0 Å². The monoisotopic (exact) mass is 545 g/mol. The van der Waals surface area contributed by atoms with E-state index >= 15 is 0 Å². The van der Waals surface area contributed by atoms with Gasteiger partial charge in [-0.3, -0.25) is 9.36 Å². The van der Waals surface area contributed by atoms with Crippen LogP contribution in [-0.4, -0.2) is 31.0 Å². The van der Waals surface area contributed by atoms with Crippen molar-refractivity contribution in [3.8, 4) is 0 Å². The SMILES string of the molecule is COC(=O)c1ccc2c(=O)n(CCc3ccc(S(N)(=O)=O)cc3)c(SCc3c(F)cccc3F)nc2c1. The molecule has 2 N–H and O–H groups in total. The lowest BCUT2D eigenvalue weighted by atomic mass is 10.1. The average molecular weight is 546 g/mol. The number of ether oxygens (including phenoxy) is 1. The van der Waals surface area contributed by atoms with E-state index in [1.54, 1.807) is 12.1 Å². The molecule has 0 amide bonds. The summed E-state index contributed by atoms with van der Waals surface area (Å²) >= 11 is 0.978. The van der Waals surface area contributed by atoms with Gasteiger partial charge in [0.05, 0.1) is 28.5 Å². The van der Waals surface area contributed by atoms with Crippen molar-refractivity contribution in [3.05, 3.63) is 99.3 Å². The zero-order valence-electron chi connectivity index (χ0n) is 19.5. The second-order valence-corrected chi connectivity index (χ2v) is 10.5. The van der Waals surface area contributed by atoms with E-state index in [0.29, 0.717) is 6.42 Å². The lowest BCUT2D eigenvalue weighted by molar-refractivity contribution is 0.0601. The number of carbonyl (C=O) groups is 1. The Hall–Kier alpha value is -3.61. The van der Waals surface area contributed by atoms with Gasteiger partial charge in [-0.1, -0.05) is 30.0 Å². The van der Waals surface area contributed by atoms with Crippen LogP contribution in [0.5, 0.6) is 0 Å². The second-order valence-electron chi connectivity index (χ2n) is 8.00. The van der Waals surface area contributed by atoms with E-state index in [0.717, 1.165) is 29.5 Å². The Morgan fingerprint density at radius 3 is 2.38 bits per heavy atom. The molecule has 1 heterocycles. The number of aromatic nitrogens is 2. The molecule has 12 heteroatoms. The number of nitrogens with zero attached hydrogens (tertiary/aromatic N) is 2. The second kappa shape index (κ2) is 10.8. The highest BCUT2D eigenvalue weighted by Gasteiger charge is 2.17. The third kappa shape index (κ3) is 5.87. The van der Waals surface area contributed by atoms with Gasteiger partial charge in [0.15, 0.2) is 5.16 Å². The highest BCUT2D eigenvalue weighted by atomic mass is 32.2. The molecule has 0 aliphatic carbocycles. The fourth-order valence-corrected chi connectivity index (χ4v) is 5.20. The van der Waals surface area contributed by atoms with Gasteiger partial charge in [0.25, 0.3) is 5.56 Å². The molecular weight excluding hydrogens is 524 g/mol. The molecule has 0 bridgehead atoms. The van der Waals surface area contributed by atoms with Crippen LogP contribution < -0.4 is 10.7 Å². The number of sulfonamides is 1. The van der Waals surface area contributed by atoms with Crippen LogP contribution in [0.3, 0.4) is 0 Å². The Morgan fingerprint density at radius 1 is 1.08 bits per heavy atom. The molecule has 3 aromatic carbocycles. The summed E-state index contributed by atoms with van der Waals surface area (Å²) in [5, 5.41) is 5.58. The van der Waals surface area contributed by atoms with Crippen LogP contribution in [0.25, 0.3) is 10.9 Å². The van der Waals surface area contributed by atoms with Gasteiger partial charge in [0.1, 0.15) is 11.6 Å². The van der Waals surface area contributed by atoms with Gasteiger partial charge in [-0.05, 0) is 54.4 Å². The molecule has 8 nitrogen and oxygen atoms in total. The summed E-state index contributed by atoms with van der Waals surface area (Å²) < 4.78 is 57.5. The van der Waals surface area contributed by atoms with Gasteiger partial charge >= 0.3 is 5.97 Å². The van der Waals surface area contributed by atoms with E-state index in [1.807, 2.05) is 0 Å². The molecule has 37 heavy (non-hydrogen) atoms. The molecule has 0 atom stereocenters. The van der Waals surface area contributed by atoms with Crippen LogP contribution in [0.1, 0.15) is 21.5 Å². The summed E-state index contributed by atoms with van der Waals surface area (Å²) in [6.07, 6.45) is 0.333. The minimum Gasteiger partial charge on any atom is -0.465 e. The number of halogens is 2. The van der Waals surface area contributed by atoms with Crippen LogP contribution in [0.4, 0.5) is 8.78 Å². The van der Waals surface area contributed by atoms with Crippen molar-refractivity contribution >= 4 is 38.7 Å². The van der Waals surface area contributed by atoms with Crippen molar-refractivity contribution in [2.75, 3.05) is 7.11 Å². The van der Waals surface area contributed by atoms with E-state index in [2.05, 4.69) is 4.98 Å². The van der Waals surface area contributed by atoms with Crippen molar-refractivity contribution in [2.45, 2.75) is 28.8 Å². The number of rotatable bonds is 8. The number of hydrogen-bond donors (Lipinski definition) is 1. The number of aryl methyl sites for hydroxylation is 1. The van der Waals surface area contributed by atoms with Gasteiger partial charge in [-0.2, -0.15) is 0 Å². The number of methoxy groups -OCH3 is 1. The van der Waals surface area contributed by atoms with Crippen LogP contribution in [0, 0.1) is 11.6 Å². The third-order valence-electron chi connectivity index (χ3n) is 5.62. The van der Waals surface area contributed by atoms with E-state index in [4.69, 9.17) is 9.88 Å². The number of esters is 1. The third-order valence-corrected chi connectivity index (χ3v) is 7.56. The number of primary sulfonamides is 1. The molecule has 192 valence electrons. The smallest absolute Gasteiger partial charge is 0.337 e. The van der Waals surface area contributed by atoms with E-state index in [-0.39, 0.29) is 44.4 Å². The minimum absolute atomic E-state index is 0.0367. The summed E-state index contributed by atoms with van der Waals surface area (Å²) in [5.41, 5.74) is 0.606. The van der Waals surface area contributed by atoms with Crippen molar-refractivity contribution < 1.29 is 26.7 Å². The molecule has 0 spiro atoms. The molecular formula is C25H21F2N3O5S2. The largest absolute Gasteiger partial charge is 0.465 e. The normalized spacial score (nSPS) is 11.6. The molecule has 0 fully saturated rings. The zero-order valence-corrected chi connectivity index (χ0v) is 21.1. The number of nitrogens with two attached hydrogens (primary N) is 1. The molecule has 0 aliphatic heterocycles. The van der Waals surface area contributed by atoms with Crippen molar-refractivity contribution in [1.82, 2.24) is 9.55 Å². The highest BCUT2D eigenvalue weighted by molar-refractivity contribution is 7.98. The van der Waals surface area contributed by atoms with Crippen LogP contribution >= 0.6 is 11.8 Å². The Bertz CT molecular complexity index is 1640. The fourth-order valence-electron chi connectivity index (χ4n) is 3.65. The lowest BCUT2D eigenvalue weighted by Crippen LogP contribution is -2.24. The first-order chi connectivity index (χ1) is 17.6.